The molecule has 1 aromatic rings. The van der Waals surface area contributed by atoms with Gasteiger partial charge in [0, 0.05) is 32.0 Å². The molecule has 0 unspecified atom stereocenters. The van der Waals surface area contributed by atoms with E-state index in [4.69, 9.17) is 0 Å². The third-order valence-electron chi connectivity index (χ3n) is 4.95. The molecule has 0 radical (unpaired) electrons. The van der Waals surface area contributed by atoms with Crippen LogP contribution in [0.2, 0.25) is 0 Å². The third-order valence-corrected chi connectivity index (χ3v) is 4.95. The summed E-state index contributed by atoms with van der Waals surface area (Å²) >= 11 is 0. The average molecular weight is 330 g/mol. The molecule has 128 valence electrons. The number of hydrogen-bond acceptors (Lipinski definition) is 3. The van der Waals surface area contributed by atoms with Crippen LogP contribution in [0.15, 0.2) is 24.3 Å². The van der Waals surface area contributed by atoms with E-state index in [0.29, 0.717) is 19.5 Å². The minimum absolute atomic E-state index is 0.0346. The van der Waals surface area contributed by atoms with Crippen molar-refractivity contribution in [2.24, 2.45) is 5.92 Å². The number of aliphatic carboxylic acids is 1. The number of rotatable bonds is 3. The number of fused-ring (bicyclic) bond motifs is 1. The van der Waals surface area contributed by atoms with Gasteiger partial charge in [0.25, 0.3) is 0 Å². The summed E-state index contributed by atoms with van der Waals surface area (Å²) in [5.41, 5.74) is 1.95. The van der Waals surface area contributed by atoms with Gasteiger partial charge in [-0.15, -0.1) is 0 Å². The molecule has 3 rings (SSSR count). The van der Waals surface area contributed by atoms with Gasteiger partial charge < -0.3 is 14.9 Å². The standard InChI is InChI=1S/C18H22N2O4/c1-11(2)19-10-14(8-16(19)21)17(22)20-9-13-6-4-3-5-12(13)7-15(20)18(23)24/h3-6,11,14-15H,7-10H2,1-2H3,(H,23,24)/t14-,15+/m1/s1. The SMILES string of the molecule is CC(C)N1C[C@H](C(=O)N2Cc3ccccc3C[C@H]2C(=O)O)CC1=O. The van der Waals surface area contributed by atoms with E-state index in [2.05, 4.69) is 0 Å². The van der Waals surface area contributed by atoms with Gasteiger partial charge in [0.1, 0.15) is 6.04 Å². The molecule has 0 aliphatic carbocycles. The Morgan fingerprint density at radius 3 is 2.42 bits per heavy atom. The molecule has 0 bridgehead atoms. The predicted molar refractivity (Wildman–Crippen MR) is 87.1 cm³/mol. The van der Waals surface area contributed by atoms with Crippen LogP contribution in [0.4, 0.5) is 0 Å². The molecule has 2 amide bonds. The van der Waals surface area contributed by atoms with Crippen molar-refractivity contribution >= 4 is 17.8 Å². The Morgan fingerprint density at radius 2 is 1.83 bits per heavy atom. The van der Waals surface area contributed by atoms with Crippen LogP contribution in [0, 0.1) is 5.92 Å². The lowest BCUT2D eigenvalue weighted by Gasteiger charge is -2.36. The number of benzene rings is 1. The molecular weight excluding hydrogens is 308 g/mol. The number of carboxylic acid groups (broad SMARTS) is 1. The fourth-order valence-corrected chi connectivity index (χ4v) is 3.61. The average Bonchev–Trinajstić information content (AvgIpc) is 2.95. The number of carbonyl (C=O) groups excluding carboxylic acids is 2. The lowest BCUT2D eigenvalue weighted by atomic mass is 9.92. The van der Waals surface area contributed by atoms with Crippen LogP contribution in [0.1, 0.15) is 31.4 Å². The second-order valence-electron chi connectivity index (χ2n) is 6.83. The van der Waals surface area contributed by atoms with Crippen molar-refractivity contribution in [2.45, 2.75) is 45.3 Å². The van der Waals surface area contributed by atoms with Crippen molar-refractivity contribution < 1.29 is 19.5 Å². The molecule has 24 heavy (non-hydrogen) atoms. The van der Waals surface area contributed by atoms with Gasteiger partial charge in [-0.1, -0.05) is 24.3 Å². The second kappa shape index (κ2) is 6.26. The van der Waals surface area contributed by atoms with Gasteiger partial charge in [0.2, 0.25) is 11.8 Å². The Balaban J connectivity index is 1.83. The fourth-order valence-electron chi connectivity index (χ4n) is 3.61. The molecule has 1 aromatic carbocycles. The Hall–Kier alpha value is -2.37. The van der Waals surface area contributed by atoms with E-state index in [0.717, 1.165) is 11.1 Å². The van der Waals surface area contributed by atoms with E-state index in [1.165, 1.54) is 4.90 Å². The quantitative estimate of drug-likeness (QED) is 0.906. The van der Waals surface area contributed by atoms with Gasteiger partial charge in [-0.2, -0.15) is 0 Å². The van der Waals surface area contributed by atoms with Crippen molar-refractivity contribution in [3.8, 4) is 0 Å². The van der Waals surface area contributed by atoms with E-state index >= 15 is 0 Å². The zero-order valence-electron chi connectivity index (χ0n) is 13.9. The number of amides is 2. The number of nitrogens with zero attached hydrogens (tertiary/aromatic N) is 2. The molecule has 0 aromatic heterocycles. The first-order valence-corrected chi connectivity index (χ1v) is 8.28. The molecule has 2 aliphatic rings. The van der Waals surface area contributed by atoms with Gasteiger partial charge in [-0.3, -0.25) is 9.59 Å². The lowest BCUT2D eigenvalue weighted by molar-refractivity contribution is -0.153. The van der Waals surface area contributed by atoms with Crippen LogP contribution in [0.5, 0.6) is 0 Å². The summed E-state index contributed by atoms with van der Waals surface area (Å²) in [6, 6.07) is 6.79. The van der Waals surface area contributed by atoms with Crippen molar-refractivity contribution in [1.82, 2.24) is 9.80 Å². The predicted octanol–water partition coefficient (Wildman–Crippen LogP) is 1.28. The van der Waals surface area contributed by atoms with Crippen LogP contribution in [-0.4, -0.2) is 51.3 Å². The molecule has 1 N–H and O–H groups in total. The second-order valence-corrected chi connectivity index (χ2v) is 6.83. The van der Waals surface area contributed by atoms with Crippen LogP contribution in [0.3, 0.4) is 0 Å². The lowest BCUT2D eigenvalue weighted by Crippen LogP contribution is -2.51. The van der Waals surface area contributed by atoms with Crippen LogP contribution in [-0.2, 0) is 27.3 Å². The molecule has 0 spiro atoms. The van der Waals surface area contributed by atoms with E-state index in [1.807, 2.05) is 38.1 Å². The summed E-state index contributed by atoms with van der Waals surface area (Å²) in [5.74, 6) is -1.71. The van der Waals surface area contributed by atoms with E-state index in [9.17, 15) is 19.5 Å². The minimum Gasteiger partial charge on any atom is -0.480 e. The normalized spacial score (nSPS) is 23.5. The van der Waals surface area contributed by atoms with Gasteiger partial charge in [0.05, 0.1) is 5.92 Å². The van der Waals surface area contributed by atoms with E-state index in [1.54, 1.807) is 4.90 Å². The van der Waals surface area contributed by atoms with Crippen LogP contribution in [0.25, 0.3) is 0 Å². The Bertz CT molecular complexity index is 685. The first kappa shape index (κ1) is 16.5. The summed E-state index contributed by atoms with van der Waals surface area (Å²) < 4.78 is 0. The maximum absolute atomic E-state index is 12.9. The molecule has 2 heterocycles. The van der Waals surface area contributed by atoms with Crippen molar-refractivity contribution in [1.29, 1.82) is 0 Å². The van der Waals surface area contributed by atoms with Crippen molar-refractivity contribution in [2.75, 3.05) is 6.54 Å². The van der Waals surface area contributed by atoms with Gasteiger partial charge in [0.15, 0.2) is 0 Å². The van der Waals surface area contributed by atoms with Crippen molar-refractivity contribution in [3.63, 3.8) is 0 Å². The first-order valence-electron chi connectivity index (χ1n) is 8.28. The third kappa shape index (κ3) is 2.88. The maximum atomic E-state index is 12.9. The fraction of sp³-hybridized carbons (Fsp3) is 0.500. The van der Waals surface area contributed by atoms with Crippen LogP contribution >= 0.6 is 0 Å². The smallest absolute Gasteiger partial charge is 0.326 e. The molecule has 1 fully saturated rings. The summed E-state index contributed by atoms with van der Waals surface area (Å²) in [6.45, 7) is 4.50. The summed E-state index contributed by atoms with van der Waals surface area (Å²) in [4.78, 5) is 39.8. The molecule has 6 nitrogen and oxygen atoms in total. The van der Waals surface area contributed by atoms with Crippen molar-refractivity contribution in [3.05, 3.63) is 35.4 Å². The summed E-state index contributed by atoms with van der Waals surface area (Å²) in [6.07, 6.45) is 0.479. The molecule has 6 heteroatoms. The van der Waals surface area contributed by atoms with Gasteiger partial charge >= 0.3 is 5.97 Å². The highest BCUT2D eigenvalue weighted by Crippen LogP contribution is 2.28. The number of carbonyl (C=O) groups is 3. The largest absolute Gasteiger partial charge is 0.480 e. The molecule has 0 saturated carbocycles. The highest BCUT2D eigenvalue weighted by Gasteiger charge is 2.42. The van der Waals surface area contributed by atoms with Gasteiger partial charge in [-0.05, 0) is 25.0 Å². The first-order chi connectivity index (χ1) is 11.4. The summed E-state index contributed by atoms with van der Waals surface area (Å²) in [7, 11) is 0. The number of likely N-dealkylation sites (tertiary alicyclic amines) is 1. The van der Waals surface area contributed by atoms with E-state index < -0.39 is 17.9 Å². The Morgan fingerprint density at radius 1 is 1.17 bits per heavy atom. The molecule has 2 atom stereocenters. The highest BCUT2D eigenvalue weighted by atomic mass is 16.4. The minimum atomic E-state index is -0.997. The molecular formula is C18H22N2O4. The Labute approximate surface area is 141 Å². The maximum Gasteiger partial charge on any atom is 0.326 e. The topological polar surface area (TPSA) is 77.9 Å². The zero-order valence-corrected chi connectivity index (χ0v) is 13.9. The number of hydrogen-bond donors (Lipinski definition) is 1. The molecule has 1 saturated heterocycles. The number of carboxylic acids is 1. The van der Waals surface area contributed by atoms with E-state index in [-0.39, 0.29) is 24.3 Å². The summed E-state index contributed by atoms with van der Waals surface area (Å²) in [5, 5.41) is 9.55. The monoisotopic (exact) mass is 330 g/mol. The zero-order chi connectivity index (χ0) is 17.4. The van der Waals surface area contributed by atoms with Crippen LogP contribution < -0.4 is 0 Å². The van der Waals surface area contributed by atoms with Gasteiger partial charge in [-0.25, -0.2) is 4.79 Å². The Kier molecular flexibility index (Phi) is 4.30. The highest BCUT2D eigenvalue weighted by molar-refractivity contribution is 5.91. The molecule has 2 aliphatic heterocycles.